The van der Waals surface area contributed by atoms with E-state index in [4.69, 9.17) is 0 Å². The summed E-state index contributed by atoms with van der Waals surface area (Å²) in [5.41, 5.74) is 2.67. The maximum absolute atomic E-state index is 14.4. The van der Waals surface area contributed by atoms with Crippen LogP contribution in [-0.4, -0.2) is 6.54 Å². The summed E-state index contributed by atoms with van der Waals surface area (Å²) in [4.78, 5) is 1.09. The molecule has 108 valence electrons. The molecule has 2 rings (SSSR count). The van der Waals surface area contributed by atoms with Gasteiger partial charge in [0.25, 0.3) is 0 Å². The number of benzene rings is 1. The number of hydrogen-bond acceptors (Lipinski definition) is 2. The normalized spacial score (nSPS) is 12.7. The second-order valence-electron chi connectivity index (χ2n) is 4.74. The van der Waals surface area contributed by atoms with E-state index >= 15 is 0 Å². The van der Waals surface area contributed by atoms with Crippen LogP contribution >= 0.6 is 43.2 Å². The average molecular weight is 421 g/mol. The quantitative estimate of drug-likeness (QED) is 0.665. The Hall–Kier alpha value is -0.230. The first kappa shape index (κ1) is 16.1. The van der Waals surface area contributed by atoms with Gasteiger partial charge in [0.1, 0.15) is 5.82 Å². The molecule has 0 aliphatic rings. The molecular formula is C15H16Br2FNS. The van der Waals surface area contributed by atoms with Crippen LogP contribution in [-0.2, 0) is 0 Å². The molecule has 0 saturated heterocycles. The highest BCUT2D eigenvalue weighted by Gasteiger charge is 2.22. The van der Waals surface area contributed by atoms with E-state index in [1.807, 2.05) is 32.9 Å². The van der Waals surface area contributed by atoms with Crippen molar-refractivity contribution in [2.45, 2.75) is 26.8 Å². The van der Waals surface area contributed by atoms with Crippen LogP contribution in [0.15, 0.2) is 26.5 Å². The van der Waals surface area contributed by atoms with Gasteiger partial charge in [0, 0.05) is 14.9 Å². The highest BCUT2D eigenvalue weighted by molar-refractivity contribution is 9.13. The van der Waals surface area contributed by atoms with Crippen LogP contribution in [0.4, 0.5) is 4.39 Å². The Morgan fingerprint density at radius 3 is 2.45 bits per heavy atom. The molecule has 1 N–H and O–H groups in total. The molecule has 0 fully saturated rings. The van der Waals surface area contributed by atoms with E-state index in [9.17, 15) is 4.39 Å². The van der Waals surface area contributed by atoms with Crippen molar-refractivity contribution < 1.29 is 4.39 Å². The minimum Gasteiger partial charge on any atom is -0.306 e. The van der Waals surface area contributed by atoms with E-state index in [2.05, 4.69) is 37.2 Å². The van der Waals surface area contributed by atoms with E-state index < -0.39 is 0 Å². The van der Waals surface area contributed by atoms with Gasteiger partial charge in [0.05, 0.1) is 9.83 Å². The van der Waals surface area contributed by atoms with Gasteiger partial charge in [-0.15, -0.1) is 11.3 Å². The molecule has 5 heteroatoms. The van der Waals surface area contributed by atoms with Crippen molar-refractivity contribution in [3.05, 3.63) is 53.8 Å². The summed E-state index contributed by atoms with van der Waals surface area (Å²) < 4.78 is 16.5. The summed E-state index contributed by atoms with van der Waals surface area (Å²) in [5.74, 6) is -0.144. The summed E-state index contributed by atoms with van der Waals surface area (Å²) >= 11 is 8.62. The van der Waals surface area contributed by atoms with Crippen LogP contribution in [0.1, 0.15) is 34.5 Å². The van der Waals surface area contributed by atoms with Crippen LogP contribution in [0.25, 0.3) is 0 Å². The second-order valence-corrected chi connectivity index (χ2v) is 7.99. The fourth-order valence-electron chi connectivity index (χ4n) is 2.35. The van der Waals surface area contributed by atoms with E-state index in [-0.39, 0.29) is 11.9 Å². The van der Waals surface area contributed by atoms with Gasteiger partial charge in [-0.05, 0) is 75.5 Å². The number of aryl methyl sites for hydroxylation is 2. The summed E-state index contributed by atoms with van der Waals surface area (Å²) in [6.07, 6.45) is 0. The summed E-state index contributed by atoms with van der Waals surface area (Å²) in [7, 11) is 0. The third kappa shape index (κ3) is 3.32. The Balaban J connectivity index is 2.54. The van der Waals surface area contributed by atoms with Gasteiger partial charge in [-0.1, -0.05) is 13.0 Å². The molecule has 20 heavy (non-hydrogen) atoms. The fourth-order valence-corrected chi connectivity index (χ4v) is 4.52. The molecule has 2 aromatic rings. The molecule has 1 nitrogen and oxygen atoms in total. The Morgan fingerprint density at radius 1 is 1.25 bits per heavy atom. The average Bonchev–Trinajstić information content (AvgIpc) is 2.67. The molecule has 0 aliphatic heterocycles. The van der Waals surface area contributed by atoms with Gasteiger partial charge < -0.3 is 5.32 Å². The first-order valence-electron chi connectivity index (χ1n) is 6.38. The SMILES string of the molecule is CCNC(c1cc(Br)c(Br)s1)c1c(C)cc(C)cc1F. The Bertz CT molecular complexity index is 582. The minimum atomic E-state index is -0.144. The van der Waals surface area contributed by atoms with Crippen LogP contribution in [0, 0.1) is 19.7 Å². The summed E-state index contributed by atoms with van der Waals surface area (Å²) in [6, 6.07) is 5.55. The zero-order valence-electron chi connectivity index (χ0n) is 11.6. The monoisotopic (exact) mass is 419 g/mol. The van der Waals surface area contributed by atoms with Gasteiger partial charge in [0.15, 0.2) is 0 Å². The molecule has 0 radical (unpaired) electrons. The lowest BCUT2D eigenvalue weighted by Gasteiger charge is -2.20. The van der Waals surface area contributed by atoms with Crippen molar-refractivity contribution in [3.8, 4) is 0 Å². The lowest BCUT2D eigenvalue weighted by atomic mass is 9.97. The van der Waals surface area contributed by atoms with Crippen molar-refractivity contribution in [1.29, 1.82) is 0 Å². The van der Waals surface area contributed by atoms with Crippen LogP contribution < -0.4 is 5.32 Å². The van der Waals surface area contributed by atoms with Crippen molar-refractivity contribution in [2.24, 2.45) is 0 Å². The summed E-state index contributed by atoms with van der Waals surface area (Å²) in [5, 5.41) is 3.39. The molecule has 1 atom stereocenters. The third-order valence-electron chi connectivity index (χ3n) is 3.13. The van der Waals surface area contributed by atoms with Crippen LogP contribution in [0.2, 0.25) is 0 Å². The van der Waals surface area contributed by atoms with Crippen molar-refractivity contribution in [3.63, 3.8) is 0 Å². The van der Waals surface area contributed by atoms with Gasteiger partial charge in [-0.25, -0.2) is 4.39 Å². The standard InChI is InChI=1S/C15H16Br2FNS/c1-4-19-14(12-7-10(16)15(17)20-12)13-9(3)5-8(2)6-11(13)18/h5-7,14,19H,4H2,1-3H3. The number of thiophene rings is 1. The molecule has 0 bridgehead atoms. The number of nitrogens with one attached hydrogen (secondary N) is 1. The van der Waals surface area contributed by atoms with Crippen molar-refractivity contribution in [2.75, 3.05) is 6.54 Å². The highest BCUT2D eigenvalue weighted by Crippen LogP contribution is 2.39. The minimum absolute atomic E-state index is 0.117. The van der Waals surface area contributed by atoms with Gasteiger partial charge in [0.2, 0.25) is 0 Å². The van der Waals surface area contributed by atoms with E-state index in [0.29, 0.717) is 0 Å². The van der Waals surface area contributed by atoms with Crippen LogP contribution in [0.5, 0.6) is 0 Å². The van der Waals surface area contributed by atoms with E-state index in [0.717, 1.165) is 36.4 Å². The smallest absolute Gasteiger partial charge is 0.128 e. The predicted octanol–water partition coefficient (Wildman–Crippen LogP) is 5.73. The predicted molar refractivity (Wildman–Crippen MR) is 91.1 cm³/mol. The Kier molecular flexibility index (Phi) is 5.40. The maximum atomic E-state index is 14.4. The number of rotatable bonds is 4. The van der Waals surface area contributed by atoms with Gasteiger partial charge in [-0.3, -0.25) is 0 Å². The summed E-state index contributed by atoms with van der Waals surface area (Å²) in [6.45, 7) is 6.70. The third-order valence-corrected chi connectivity index (χ3v) is 6.45. The topological polar surface area (TPSA) is 12.0 Å². The molecule has 1 aromatic heterocycles. The molecule has 0 aliphatic carbocycles. The fraction of sp³-hybridized carbons (Fsp3) is 0.333. The molecular weight excluding hydrogens is 405 g/mol. The lowest BCUT2D eigenvalue weighted by molar-refractivity contribution is 0.559. The van der Waals surface area contributed by atoms with Gasteiger partial charge in [-0.2, -0.15) is 0 Å². The lowest BCUT2D eigenvalue weighted by Crippen LogP contribution is -2.23. The number of halogens is 3. The second kappa shape index (κ2) is 6.69. The molecule has 0 spiro atoms. The molecule has 1 heterocycles. The zero-order valence-corrected chi connectivity index (χ0v) is 15.5. The molecule has 0 saturated carbocycles. The maximum Gasteiger partial charge on any atom is 0.128 e. The largest absolute Gasteiger partial charge is 0.306 e. The Labute approximate surface area is 139 Å². The van der Waals surface area contributed by atoms with Crippen molar-refractivity contribution >= 4 is 43.2 Å². The molecule has 1 aromatic carbocycles. The molecule has 1 unspecified atom stereocenters. The van der Waals surface area contributed by atoms with Crippen molar-refractivity contribution in [1.82, 2.24) is 5.32 Å². The van der Waals surface area contributed by atoms with E-state index in [1.54, 1.807) is 17.4 Å². The first-order valence-corrected chi connectivity index (χ1v) is 8.79. The van der Waals surface area contributed by atoms with Gasteiger partial charge >= 0.3 is 0 Å². The highest BCUT2D eigenvalue weighted by atomic mass is 79.9. The number of hydrogen-bond donors (Lipinski definition) is 1. The first-order chi connectivity index (χ1) is 9.43. The van der Waals surface area contributed by atoms with E-state index in [1.165, 1.54) is 0 Å². The molecule has 0 amide bonds. The Morgan fingerprint density at radius 2 is 1.95 bits per heavy atom. The zero-order chi connectivity index (χ0) is 14.9. The van der Waals surface area contributed by atoms with Crippen LogP contribution in [0.3, 0.4) is 0 Å².